The van der Waals surface area contributed by atoms with Gasteiger partial charge >= 0.3 is 0 Å². The molecule has 0 unspecified atom stereocenters. The van der Waals surface area contributed by atoms with Gasteiger partial charge in [-0.3, -0.25) is 24.0 Å². The van der Waals surface area contributed by atoms with Crippen LogP contribution in [0.3, 0.4) is 0 Å². The fraction of sp³-hybridized carbons (Fsp3) is 0.355. The molecule has 2 atom stereocenters. The number of nitrogens with one attached hydrogen (secondary N) is 1. The quantitative estimate of drug-likeness (QED) is 0.213. The molecule has 11 nitrogen and oxygen atoms in total. The van der Waals surface area contributed by atoms with Gasteiger partial charge in [0.1, 0.15) is 24.0 Å². The third-order valence-corrected chi connectivity index (χ3v) is 8.19. The molecule has 0 saturated carbocycles. The lowest BCUT2D eigenvalue weighted by Crippen LogP contribution is -2.54. The molecule has 1 N–H and O–H groups in total. The minimum absolute atomic E-state index is 0.0220. The Kier molecular flexibility index (Phi) is 11.2. The van der Waals surface area contributed by atoms with Crippen LogP contribution in [0, 0.1) is 17.0 Å². The lowest BCUT2D eigenvalue weighted by molar-refractivity contribution is -0.384. The van der Waals surface area contributed by atoms with Gasteiger partial charge in [0.15, 0.2) is 0 Å². The lowest BCUT2D eigenvalue weighted by atomic mass is 10.0. The van der Waals surface area contributed by atoms with Crippen LogP contribution < -0.4 is 14.4 Å². The topological polar surface area (TPSA) is 139 Å². The van der Waals surface area contributed by atoms with E-state index in [1.54, 1.807) is 0 Å². The zero-order valence-corrected chi connectivity index (χ0v) is 25.8. The van der Waals surface area contributed by atoms with Crippen LogP contribution >= 0.6 is 0 Å². The number of hydrogen-bond donors (Lipinski definition) is 1. The van der Waals surface area contributed by atoms with Crippen molar-refractivity contribution in [1.82, 2.24) is 10.2 Å². The Hall–Kier alpha value is -4.45. The van der Waals surface area contributed by atoms with Gasteiger partial charge in [0.25, 0.3) is 5.69 Å². The second-order valence-electron chi connectivity index (χ2n) is 10.4. The summed E-state index contributed by atoms with van der Waals surface area (Å²) in [7, 11) is -2.85. The standard InChI is InChI=1S/C31H38N4O7S/c1-6-23(3)32-31(37)28(18-24-10-8-7-9-11-24)33(20-25-14-12-22(2)13-15-25)30(36)21-34(43(5,40)41)27-19-26(35(38)39)16-17-29(27)42-4/h7-17,19,23,28H,6,18,20-21H2,1-5H3,(H,32,37)/t23-,28+/m1/s1. The van der Waals surface area contributed by atoms with Crippen molar-refractivity contribution in [3.05, 3.63) is 99.6 Å². The first-order valence-electron chi connectivity index (χ1n) is 13.8. The first-order chi connectivity index (χ1) is 20.3. The molecule has 3 aromatic rings. The average molecular weight is 611 g/mol. The number of rotatable bonds is 14. The minimum Gasteiger partial charge on any atom is -0.495 e. The van der Waals surface area contributed by atoms with E-state index in [1.807, 2.05) is 75.4 Å². The Balaban J connectivity index is 2.13. The molecule has 0 saturated heterocycles. The molecule has 2 amide bonds. The van der Waals surface area contributed by atoms with Crippen molar-refractivity contribution in [3.63, 3.8) is 0 Å². The normalized spacial score (nSPS) is 12.6. The van der Waals surface area contributed by atoms with Gasteiger partial charge in [-0.25, -0.2) is 8.42 Å². The highest BCUT2D eigenvalue weighted by molar-refractivity contribution is 7.92. The van der Waals surface area contributed by atoms with Gasteiger partial charge in [-0.2, -0.15) is 0 Å². The van der Waals surface area contributed by atoms with Crippen molar-refractivity contribution in [2.24, 2.45) is 0 Å². The van der Waals surface area contributed by atoms with Crippen LogP contribution in [0.1, 0.15) is 37.0 Å². The summed E-state index contributed by atoms with van der Waals surface area (Å²) in [5, 5.41) is 14.5. The zero-order chi connectivity index (χ0) is 31.7. The number of carbonyl (C=O) groups is 2. The van der Waals surface area contributed by atoms with E-state index < -0.39 is 33.4 Å². The van der Waals surface area contributed by atoms with E-state index in [1.165, 1.54) is 24.1 Å². The highest BCUT2D eigenvalue weighted by Crippen LogP contribution is 2.34. The smallest absolute Gasteiger partial charge is 0.271 e. The summed E-state index contributed by atoms with van der Waals surface area (Å²) in [5.74, 6) is -1.01. The summed E-state index contributed by atoms with van der Waals surface area (Å²) in [6.07, 6.45) is 1.75. The van der Waals surface area contributed by atoms with E-state index in [0.717, 1.165) is 33.3 Å². The number of non-ortho nitro benzene ring substituents is 1. The van der Waals surface area contributed by atoms with E-state index in [2.05, 4.69) is 5.32 Å². The SMILES string of the molecule is CC[C@@H](C)NC(=O)[C@H](Cc1ccccc1)N(Cc1ccc(C)cc1)C(=O)CN(c1cc([N+](=O)[O-])ccc1OC)S(C)(=O)=O. The van der Waals surface area contributed by atoms with Crippen LogP contribution in [0.15, 0.2) is 72.8 Å². The Bertz CT molecular complexity index is 1530. The first kappa shape index (κ1) is 33.1. The molecule has 0 bridgehead atoms. The van der Waals surface area contributed by atoms with E-state index >= 15 is 0 Å². The van der Waals surface area contributed by atoms with Crippen molar-refractivity contribution in [2.75, 3.05) is 24.2 Å². The van der Waals surface area contributed by atoms with Gasteiger partial charge < -0.3 is 15.0 Å². The minimum atomic E-state index is -4.15. The summed E-state index contributed by atoms with van der Waals surface area (Å²) >= 11 is 0. The Morgan fingerprint density at radius 1 is 1.02 bits per heavy atom. The number of sulfonamides is 1. The Labute approximate surface area is 252 Å². The summed E-state index contributed by atoms with van der Waals surface area (Å²) in [4.78, 5) is 40.2. The van der Waals surface area contributed by atoms with Crippen LogP contribution in [0.25, 0.3) is 0 Å². The number of ether oxygens (including phenoxy) is 1. The van der Waals surface area contributed by atoms with E-state index in [-0.39, 0.29) is 42.0 Å². The number of nitro groups is 1. The number of benzene rings is 3. The maximum absolute atomic E-state index is 14.2. The van der Waals surface area contributed by atoms with Gasteiger partial charge in [-0.1, -0.05) is 67.1 Å². The molecular weight excluding hydrogens is 572 g/mol. The number of amides is 2. The number of nitro benzene ring substituents is 1. The Morgan fingerprint density at radius 3 is 2.23 bits per heavy atom. The van der Waals surface area contributed by atoms with Gasteiger partial charge in [0, 0.05) is 31.1 Å². The van der Waals surface area contributed by atoms with Crippen LogP contribution in [-0.4, -0.2) is 62.0 Å². The summed E-state index contributed by atoms with van der Waals surface area (Å²) in [6, 6.07) is 19.1. The number of methoxy groups -OCH3 is 1. The first-order valence-corrected chi connectivity index (χ1v) is 15.7. The summed E-state index contributed by atoms with van der Waals surface area (Å²) in [6.45, 7) is 5.03. The molecule has 0 aliphatic heterocycles. The van der Waals surface area contributed by atoms with Gasteiger partial charge in [0.2, 0.25) is 21.8 Å². The number of carbonyl (C=O) groups excluding carboxylic acids is 2. The molecule has 0 aromatic heterocycles. The molecule has 0 fully saturated rings. The highest BCUT2D eigenvalue weighted by Gasteiger charge is 2.34. The number of aryl methyl sites for hydroxylation is 1. The van der Waals surface area contributed by atoms with Crippen LogP contribution in [0.2, 0.25) is 0 Å². The molecule has 43 heavy (non-hydrogen) atoms. The summed E-state index contributed by atoms with van der Waals surface area (Å²) < 4.78 is 32.2. The van der Waals surface area contributed by atoms with Crippen molar-refractivity contribution in [2.45, 2.75) is 52.2 Å². The molecular formula is C31H38N4O7S. The fourth-order valence-corrected chi connectivity index (χ4v) is 5.31. The second kappa shape index (κ2) is 14.6. The molecule has 0 aliphatic carbocycles. The molecule has 12 heteroatoms. The summed E-state index contributed by atoms with van der Waals surface area (Å²) in [5.41, 5.74) is 2.04. The largest absolute Gasteiger partial charge is 0.495 e. The Morgan fingerprint density at radius 2 is 1.67 bits per heavy atom. The van der Waals surface area contributed by atoms with Crippen LogP contribution in [-0.2, 0) is 32.6 Å². The van der Waals surface area contributed by atoms with Gasteiger partial charge in [0.05, 0.1) is 18.3 Å². The fourth-order valence-electron chi connectivity index (χ4n) is 4.47. The van der Waals surface area contributed by atoms with Crippen LogP contribution in [0.5, 0.6) is 5.75 Å². The van der Waals surface area contributed by atoms with Crippen molar-refractivity contribution < 1.29 is 27.7 Å². The maximum Gasteiger partial charge on any atom is 0.271 e. The molecule has 0 spiro atoms. The lowest BCUT2D eigenvalue weighted by Gasteiger charge is -2.34. The highest BCUT2D eigenvalue weighted by atomic mass is 32.2. The third-order valence-electron chi connectivity index (χ3n) is 7.07. The number of nitrogens with zero attached hydrogens (tertiary/aromatic N) is 3. The molecule has 230 valence electrons. The molecule has 0 heterocycles. The third kappa shape index (κ3) is 9.02. The molecule has 3 aromatic carbocycles. The molecule has 0 aliphatic rings. The van der Waals surface area contributed by atoms with Crippen LogP contribution in [0.4, 0.5) is 11.4 Å². The monoisotopic (exact) mass is 610 g/mol. The van der Waals surface area contributed by atoms with Crippen molar-refractivity contribution in [3.8, 4) is 5.75 Å². The molecule has 3 rings (SSSR count). The predicted octanol–water partition coefficient (Wildman–Crippen LogP) is 4.23. The van der Waals surface area contributed by atoms with Crippen molar-refractivity contribution in [1.29, 1.82) is 0 Å². The number of anilines is 1. The zero-order valence-electron chi connectivity index (χ0n) is 25.0. The maximum atomic E-state index is 14.2. The second-order valence-corrected chi connectivity index (χ2v) is 12.3. The average Bonchev–Trinajstić information content (AvgIpc) is 2.97. The van der Waals surface area contributed by atoms with E-state index in [0.29, 0.717) is 6.42 Å². The van der Waals surface area contributed by atoms with Gasteiger partial charge in [-0.05, 0) is 37.5 Å². The predicted molar refractivity (Wildman–Crippen MR) is 165 cm³/mol. The van der Waals surface area contributed by atoms with Gasteiger partial charge in [-0.15, -0.1) is 0 Å². The molecule has 0 radical (unpaired) electrons. The van der Waals surface area contributed by atoms with E-state index in [9.17, 15) is 28.1 Å². The van der Waals surface area contributed by atoms with Crippen molar-refractivity contribution >= 4 is 33.2 Å². The number of hydrogen-bond acceptors (Lipinski definition) is 7. The van der Waals surface area contributed by atoms with E-state index in [4.69, 9.17) is 4.74 Å².